The van der Waals surface area contributed by atoms with E-state index in [1.165, 1.54) is 0 Å². The van der Waals surface area contributed by atoms with Crippen molar-refractivity contribution in [3.05, 3.63) is 29.6 Å². The number of nitrogens with one attached hydrogen (secondary N) is 1. The molecule has 5 nitrogen and oxygen atoms in total. The van der Waals surface area contributed by atoms with Gasteiger partial charge in [-0.3, -0.25) is 9.78 Å². The molecule has 0 spiro atoms. The molecule has 1 aromatic rings. The molecule has 1 aliphatic rings. The van der Waals surface area contributed by atoms with Crippen molar-refractivity contribution in [1.82, 2.24) is 10.3 Å². The fourth-order valence-corrected chi connectivity index (χ4v) is 2.18. The molecule has 2 rings (SSSR count). The van der Waals surface area contributed by atoms with Crippen LogP contribution in [0.15, 0.2) is 18.3 Å². The van der Waals surface area contributed by atoms with Crippen molar-refractivity contribution in [2.24, 2.45) is 5.92 Å². The highest BCUT2D eigenvalue weighted by Gasteiger charge is 2.48. The predicted molar refractivity (Wildman–Crippen MR) is 69.6 cm³/mol. The number of rotatable bonds is 5. The molecule has 1 atom stereocenters. The lowest BCUT2D eigenvalue weighted by Gasteiger charge is -2.26. The molecular formula is C14H18N2O3. The van der Waals surface area contributed by atoms with E-state index in [0.717, 1.165) is 18.4 Å². The van der Waals surface area contributed by atoms with Crippen molar-refractivity contribution in [2.75, 3.05) is 0 Å². The van der Waals surface area contributed by atoms with Gasteiger partial charge in [-0.2, -0.15) is 0 Å². The Morgan fingerprint density at radius 1 is 1.53 bits per heavy atom. The number of aliphatic carboxylic acids is 1. The molecule has 5 heteroatoms. The molecule has 19 heavy (non-hydrogen) atoms. The monoisotopic (exact) mass is 262 g/mol. The van der Waals surface area contributed by atoms with Crippen LogP contribution >= 0.6 is 0 Å². The summed E-state index contributed by atoms with van der Waals surface area (Å²) in [4.78, 5) is 27.5. The van der Waals surface area contributed by atoms with E-state index in [-0.39, 0.29) is 18.2 Å². The molecule has 1 saturated carbocycles. The molecule has 1 heterocycles. The number of aryl methyl sites for hydroxylation is 1. The molecule has 0 saturated heterocycles. The third kappa shape index (κ3) is 2.92. The van der Waals surface area contributed by atoms with E-state index < -0.39 is 11.5 Å². The summed E-state index contributed by atoms with van der Waals surface area (Å²) in [7, 11) is 0. The van der Waals surface area contributed by atoms with Crippen LogP contribution in [0, 0.1) is 12.8 Å². The van der Waals surface area contributed by atoms with E-state index in [9.17, 15) is 14.7 Å². The highest BCUT2D eigenvalue weighted by atomic mass is 16.4. The lowest BCUT2D eigenvalue weighted by molar-refractivity contribution is -0.147. The fourth-order valence-electron chi connectivity index (χ4n) is 2.18. The molecule has 0 aromatic carbocycles. The summed E-state index contributed by atoms with van der Waals surface area (Å²) in [6, 6.07) is 3.69. The van der Waals surface area contributed by atoms with E-state index in [1.807, 2.05) is 19.1 Å². The van der Waals surface area contributed by atoms with Crippen molar-refractivity contribution in [2.45, 2.75) is 38.6 Å². The number of carbonyl (C=O) groups is 2. The highest BCUT2D eigenvalue weighted by Crippen LogP contribution is 2.39. The van der Waals surface area contributed by atoms with E-state index >= 15 is 0 Å². The first kappa shape index (κ1) is 13.5. The molecule has 1 unspecified atom stereocenters. The van der Waals surface area contributed by atoms with Gasteiger partial charge in [0, 0.05) is 6.20 Å². The average Bonchev–Trinajstić information content (AvgIpc) is 3.16. The molecule has 1 aromatic heterocycles. The SMILES string of the molecule is Cc1cccnc1CC(=O)NC(C)(C(=O)O)C1CC1. The van der Waals surface area contributed by atoms with Crippen molar-refractivity contribution in [3.8, 4) is 0 Å². The first-order valence-electron chi connectivity index (χ1n) is 6.38. The van der Waals surface area contributed by atoms with E-state index in [0.29, 0.717) is 5.69 Å². The second-order valence-corrected chi connectivity index (χ2v) is 5.27. The zero-order chi connectivity index (χ0) is 14.0. The largest absolute Gasteiger partial charge is 0.480 e. The van der Waals surface area contributed by atoms with Gasteiger partial charge in [0.1, 0.15) is 5.54 Å². The highest BCUT2D eigenvalue weighted by molar-refractivity contribution is 5.88. The first-order valence-corrected chi connectivity index (χ1v) is 6.38. The van der Waals surface area contributed by atoms with Gasteiger partial charge in [0.05, 0.1) is 12.1 Å². The van der Waals surface area contributed by atoms with Gasteiger partial charge >= 0.3 is 5.97 Å². The van der Waals surface area contributed by atoms with Crippen LogP contribution in [0.25, 0.3) is 0 Å². The Kier molecular flexibility index (Phi) is 3.55. The van der Waals surface area contributed by atoms with Crippen molar-refractivity contribution in [1.29, 1.82) is 0 Å². The second-order valence-electron chi connectivity index (χ2n) is 5.27. The summed E-state index contributed by atoms with van der Waals surface area (Å²) in [6.45, 7) is 3.46. The summed E-state index contributed by atoms with van der Waals surface area (Å²) < 4.78 is 0. The molecule has 0 bridgehead atoms. The third-order valence-corrected chi connectivity index (χ3v) is 3.68. The lowest BCUT2D eigenvalue weighted by Crippen LogP contribution is -2.54. The van der Waals surface area contributed by atoms with Gasteiger partial charge in [-0.25, -0.2) is 4.79 Å². The van der Waals surface area contributed by atoms with Crippen LogP contribution in [-0.4, -0.2) is 27.5 Å². The molecule has 1 aliphatic carbocycles. The maximum absolute atomic E-state index is 12.0. The zero-order valence-electron chi connectivity index (χ0n) is 11.1. The quantitative estimate of drug-likeness (QED) is 0.838. The lowest BCUT2D eigenvalue weighted by atomic mass is 9.95. The average molecular weight is 262 g/mol. The zero-order valence-corrected chi connectivity index (χ0v) is 11.1. The summed E-state index contributed by atoms with van der Waals surface area (Å²) in [5, 5.41) is 11.9. The standard InChI is InChI=1S/C14H18N2O3/c1-9-4-3-7-15-11(9)8-12(17)16-14(2,13(18)19)10-5-6-10/h3-4,7,10H,5-6,8H2,1-2H3,(H,16,17)(H,18,19). The third-order valence-electron chi connectivity index (χ3n) is 3.68. The minimum Gasteiger partial charge on any atom is -0.480 e. The van der Waals surface area contributed by atoms with Crippen molar-refractivity contribution >= 4 is 11.9 Å². The van der Waals surface area contributed by atoms with Gasteiger partial charge in [-0.1, -0.05) is 6.07 Å². The molecular weight excluding hydrogens is 244 g/mol. The van der Waals surface area contributed by atoms with Gasteiger partial charge in [-0.15, -0.1) is 0 Å². The number of carboxylic acid groups (broad SMARTS) is 1. The van der Waals surface area contributed by atoms with Gasteiger partial charge in [0.2, 0.25) is 5.91 Å². The molecule has 2 N–H and O–H groups in total. The number of pyridine rings is 1. The molecule has 0 radical (unpaired) electrons. The van der Waals surface area contributed by atoms with Crippen molar-refractivity contribution < 1.29 is 14.7 Å². The van der Waals surface area contributed by atoms with Crippen LogP contribution in [0.5, 0.6) is 0 Å². The topological polar surface area (TPSA) is 79.3 Å². The number of amides is 1. The van der Waals surface area contributed by atoms with Crippen LogP contribution in [0.3, 0.4) is 0 Å². The van der Waals surface area contributed by atoms with Crippen LogP contribution in [0.1, 0.15) is 31.0 Å². The van der Waals surface area contributed by atoms with Gasteiger partial charge in [0.25, 0.3) is 0 Å². The van der Waals surface area contributed by atoms with Gasteiger partial charge < -0.3 is 10.4 Å². The Morgan fingerprint density at radius 2 is 2.21 bits per heavy atom. The van der Waals surface area contributed by atoms with Crippen LogP contribution < -0.4 is 5.32 Å². The first-order chi connectivity index (χ1) is 8.93. The maximum atomic E-state index is 12.0. The fraction of sp³-hybridized carbons (Fsp3) is 0.500. The van der Waals surface area contributed by atoms with Crippen LogP contribution in [0.2, 0.25) is 0 Å². The van der Waals surface area contributed by atoms with E-state index in [4.69, 9.17) is 0 Å². The summed E-state index contributed by atoms with van der Waals surface area (Å²) in [5.41, 5.74) is 0.462. The second kappa shape index (κ2) is 4.99. The Bertz CT molecular complexity index is 511. The number of aromatic nitrogens is 1. The Hall–Kier alpha value is -1.91. The van der Waals surface area contributed by atoms with Crippen LogP contribution in [-0.2, 0) is 16.0 Å². The number of carboxylic acids is 1. The molecule has 1 amide bonds. The van der Waals surface area contributed by atoms with E-state index in [2.05, 4.69) is 10.3 Å². The maximum Gasteiger partial charge on any atom is 0.329 e. The summed E-state index contributed by atoms with van der Waals surface area (Å²) in [5.74, 6) is -1.22. The smallest absolute Gasteiger partial charge is 0.329 e. The number of carbonyl (C=O) groups excluding carboxylic acids is 1. The van der Waals surface area contributed by atoms with Gasteiger partial charge in [-0.05, 0) is 44.2 Å². The van der Waals surface area contributed by atoms with E-state index in [1.54, 1.807) is 13.1 Å². The van der Waals surface area contributed by atoms with Crippen LogP contribution in [0.4, 0.5) is 0 Å². The summed E-state index contributed by atoms with van der Waals surface area (Å²) >= 11 is 0. The molecule has 1 fully saturated rings. The molecule has 102 valence electrons. The summed E-state index contributed by atoms with van der Waals surface area (Å²) in [6.07, 6.45) is 3.45. The number of hydrogen-bond acceptors (Lipinski definition) is 3. The Morgan fingerprint density at radius 3 is 2.74 bits per heavy atom. The normalized spacial score (nSPS) is 17.6. The minimum absolute atomic E-state index is 0.0405. The van der Waals surface area contributed by atoms with Crippen molar-refractivity contribution in [3.63, 3.8) is 0 Å². The predicted octanol–water partition coefficient (Wildman–Crippen LogP) is 1.30. The van der Waals surface area contributed by atoms with Gasteiger partial charge in [0.15, 0.2) is 0 Å². The number of hydrogen-bond donors (Lipinski definition) is 2. The molecule has 0 aliphatic heterocycles. The Balaban J connectivity index is 2.05. The Labute approximate surface area is 112 Å². The number of nitrogens with zero attached hydrogens (tertiary/aromatic N) is 1. The minimum atomic E-state index is -1.15.